The van der Waals surface area contributed by atoms with Crippen LogP contribution in [-0.2, 0) is 0 Å². The molecule has 1 aromatic carbocycles. The number of hydrogen-bond donors (Lipinski definition) is 0. The van der Waals surface area contributed by atoms with Crippen LogP contribution >= 0.6 is 0 Å². The van der Waals surface area contributed by atoms with Gasteiger partial charge in [-0.25, -0.2) is 0 Å². The van der Waals surface area contributed by atoms with Gasteiger partial charge in [0.2, 0.25) is 0 Å². The van der Waals surface area contributed by atoms with Crippen molar-refractivity contribution >= 4 is 32.3 Å². The molecule has 7 rings (SSSR count). The Morgan fingerprint density at radius 2 is 0.487 bits per heavy atom. The van der Waals surface area contributed by atoms with Crippen molar-refractivity contribution in [3.8, 4) is 0 Å². The average Bonchev–Trinajstić information content (AvgIpc) is 3.48. The predicted octanol–water partition coefficient (Wildman–Crippen LogP) is 3.54. The fourth-order valence-electron chi connectivity index (χ4n) is 8.05. The zero-order valence-corrected chi connectivity index (χ0v) is 22.1. The van der Waals surface area contributed by atoms with Gasteiger partial charge in [0.25, 0.3) is 33.4 Å². The minimum Gasteiger partial charge on any atom is -0.271 e. The van der Waals surface area contributed by atoms with E-state index < -0.39 is 33.4 Å². The fourth-order valence-corrected chi connectivity index (χ4v) is 8.05. The highest BCUT2D eigenvalue weighted by atomic mass is 16.2. The smallest absolute Gasteiger partial charge is 0.262 e. The molecule has 0 N–H and O–H groups in total. The van der Waals surface area contributed by atoms with E-state index in [2.05, 4.69) is 0 Å². The highest BCUT2D eigenvalue weighted by Crippen LogP contribution is 2.33. The summed E-state index contributed by atoms with van der Waals surface area (Å²) < 4.78 is 3.64. The molecule has 3 fully saturated rings. The van der Waals surface area contributed by atoms with Gasteiger partial charge in [-0.3, -0.25) is 42.5 Å². The van der Waals surface area contributed by atoms with Crippen LogP contribution < -0.4 is 33.4 Å². The molecule has 0 bridgehead atoms. The van der Waals surface area contributed by atoms with Crippen molar-refractivity contribution in [2.45, 2.75) is 114 Å². The number of fused-ring (bicyclic) bond motifs is 6. The van der Waals surface area contributed by atoms with Crippen molar-refractivity contribution in [1.82, 2.24) is 13.7 Å². The maximum absolute atomic E-state index is 14.0. The van der Waals surface area contributed by atoms with E-state index in [1.165, 1.54) is 13.7 Å². The molecule has 0 spiro atoms. The highest BCUT2D eigenvalue weighted by Gasteiger charge is 2.35. The first-order valence-corrected chi connectivity index (χ1v) is 14.8. The second-order valence-electron chi connectivity index (χ2n) is 12.1. The van der Waals surface area contributed by atoms with E-state index in [4.69, 9.17) is 0 Å². The number of benzene rings is 1. The van der Waals surface area contributed by atoms with E-state index >= 15 is 0 Å². The van der Waals surface area contributed by atoms with Gasteiger partial charge < -0.3 is 0 Å². The Labute approximate surface area is 222 Å². The summed E-state index contributed by atoms with van der Waals surface area (Å²) in [6.07, 6.45) is 12.4. The summed E-state index contributed by atoms with van der Waals surface area (Å²) in [7, 11) is 0. The summed E-state index contributed by atoms with van der Waals surface area (Å²) >= 11 is 0. The first kappa shape index (κ1) is 24.7. The van der Waals surface area contributed by atoms with Crippen LogP contribution in [0, 0.1) is 0 Å². The second kappa shape index (κ2) is 9.10. The van der Waals surface area contributed by atoms with Crippen molar-refractivity contribution in [3.63, 3.8) is 0 Å². The summed E-state index contributed by atoms with van der Waals surface area (Å²) in [5.74, 6) is 0. The quantitative estimate of drug-likeness (QED) is 0.399. The van der Waals surface area contributed by atoms with Gasteiger partial charge in [-0.05, 0) is 38.5 Å². The summed E-state index contributed by atoms with van der Waals surface area (Å²) in [4.78, 5) is 83.9. The third kappa shape index (κ3) is 3.37. The molecule has 0 amide bonds. The summed E-state index contributed by atoms with van der Waals surface area (Å²) in [5, 5.41) is -0.819. The predicted molar refractivity (Wildman–Crippen MR) is 150 cm³/mol. The van der Waals surface area contributed by atoms with Gasteiger partial charge in [0.15, 0.2) is 0 Å². The van der Waals surface area contributed by atoms with Crippen molar-refractivity contribution < 1.29 is 0 Å². The number of aromatic nitrogens is 3. The van der Waals surface area contributed by atoms with Crippen LogP contribution in [0.1, 0.15) is 114 Å². The minimum absolute atomic E-state index is 0.136. The number of hydrogen-bond acceptors (Lipinski definition) is 6. The Morgan fingerprint density at radius 3 is 0.667 bits per heavy atom. The van der Waals surface area contributed by atoms with Crippen LogP contribution in [-0.4, -0.2) is 13.7 Å². The third-order valence-corrected chi connectivity index (χ3v) is 9.92. The molecule has 9 nitrogen and oxygen atoms in total. The van der Waals surface area contributed by atoms with Gasteiger partial charge in [0.1, 0.15) is 0 Å². The van der Waals surface area contributed by atoms with Crippen LogP contribution in [0.2, 0.25) is 0 Å². The summed E-state index contributed by atoms with van der Waals surface area (Å²) in [5.41, 5.74) is -3.64. The van der Waals surface area contributed by atoms with Crippen LogP contribution in [0.25, 0.3) is 32.3 Å². The third-order valence-electron chi connectivity index (χ3n) is 9.92. The van der Waals surface area contributed by atoms with Gasteiger partial charge in [0, 0.05) is 18.1 Å². The number of nitrogens with zero attached hydrogens (tertiary/aromatic N) is 3. The Bertz CT molecular complexity index is 1570. The van der Waals surface area contributed by atoms with Crippen LogP contribution in [0.15, 0.2) is 28.8 Å². The summed E-state index contributed by atoms with van der Waals surface area (Å²) in [6.45, 7) is 0. The van der Waals surface area contributed by atoms with Gasteiger partial charge in [-0.15, -0.1) is 0 Å². The molecule has 0 radical (unpaired) electrons. The lowest BCUT2D eigenvalue weighted by Gasteiger charge is -2.21. The Morgan fingerprint density at radius 1 is 0.308 bits per heavy atom. The van der Waals surface area contributed by atoms with Crippen LogP contribution in [0.4, 0.5) is 0 Å². The van der Waals surface area contributed by atoms with Crippen molar-refractivity contribution in [3.05, 3.63) is 62.1 Å². The van der Waals surface area contributed by atoms with E-state index in [0.717, 1.165) is 57.8 Å². The Balaban J connectivity index is 1.68. The maximum atomic E-state index is 14.0. The SMILES string of the molecule is O=c1c2c3c(=O)n(C4CCCCC4)c(=O)c3c3c(=O)n(C4CCCCC4)c(=O)c3c2c(=O)n1C1CCCCC1. The normalized spacial score (nSPS) is 20.6. The van der Waals surface area contributed by atoms with Crippen LogP contribution in [0.3, 0.4) is 0 Å². The molecular formula is C30H33N3O6. The molecule has 0 unspecified atom stereocenters. The molecule has 3 aliphatic rings. The van der Waals surface area contributed by atoms with Crippen molar-refractivity contribution in [1.29, 1.82) is 0 Å². The van der Waals surface area contributed by atoms with Gasteiger partial charge in [-0.2, -0.15) is 0 Å². The molecule has 0 saturated heterocycles. The molecule has 3 saturated carbocycles. The van der Waals surface area contributed by atoms with Gasteiger partial charge >= 0.3 is 0 Å². The Kier molecular flexibility index (Phi) is 5.75. The lowest BCUT2D eigenvalue weighted by Crippen LogP contribution is -2.32. The van der Waals surface area contributed by atoms with E-state index in [0.29, 0.717) is 38.5 Å². The molecule has 204 valence electrons. The van der Waals surface area contributed by atoms with E-state index in [1.807, 2.05) is 0 Å². The molecular weight excluding hydrogens is 498 g/mol. The molecule has 4 aromatic rings. The summed E-state index contributed by atoms with van der Waals surface area (Å²) in [6, 6.07) is -0.956. The zero-order valence-electron chi connectivity index (χ0n) is 22.1. The maximum Gasteiger partial charge on any atom is 0.262 e. The first-order valence-electron chi connectivity index (χ1n) is 14.8. The lowest BCUT2D eigenvalue weighted by atomic mass is 9.95. The topological polar surface area (TPSA) is 117 Å². The minimum atomic E-state index is -0.607. The molecule has 3 aromatic heterocycles. The van der Waals surface area contributed by atoms with E-state index in [9.17, 15) is 28.8 Å². The monoisotopic (exact) mass is 531 g/mol. The molecule has 0 aliphatic heterocycles. The molecule has 9 heteroatoms. The van der Waals surface area contributed by atoms with Crippen molar-refractivity contribution in [2.24, 2.45) is 0 Å². The van der Waals surface area contributed by atoms with Crippen LogP contribution in [0.5, 0.6) is 0 Å². The Hall–Kier alpha value is -3.36. The van der Waals surface area contributed by atoms with Gasteiger partial charge in [0.05, 0.1) is 32.3 Å². The van der Waals surface area contributed by atoms with Crippen molar-refractivity contribution in [2.75, 3.05) is 0 Å². The average molecular weight is 532 g/mol. The zero-order chi connectivity index (χ0) is 27.0. The fraction of sp³-hybridized carbons (Fsp3) is 0.600. The lowest BCUT2D eigenvalue weighted by molar-refractivity contribution is 0.344. The van der Waals surface area contributed by atoms with E-state index in [-0.39, 0.29) is 50.4 Å². The number of rotatable bonds is 3. The molecule has 3 aliphatic carbocycles. The molecule has 39 heavy (non-hydrogen) atoms. The standard InChI is InChI=1S/C30H33N3O6/c34-25-19-20(26(35)31(25)16-10-4-1-5-11-16)22-24(30(39)33(28(22)37)18-14-8-3-9-15-18)23-21(19)27(36)32(29(23)38)17-12-6-2-7-13-17/h16-18H,1-15H2. The largest absolute Gasteiger partial charge is 0.271 e. The second-order valence-corrected chi connectivity index (χ2v) is 12.1. The van der Waals surface area contributed by atoms with E-state index in [1.54, 1.807) is 0 Å². The van der Waals surface area contributed by atoms with Gasteiger partial charge in [-0.1, -0.05) is 57.8 Å². The highest BCUT2D eigenvalue weighted by molar-refractivity contribution is 6.25. The molecule has 3 heterocycles. The molecule has 0 atom stereocenters. The first-order chi connectivity index (χ1) is 18.9.